The lowest BCUT2D eigenvalue weighted by molar-refractivity contribution is -0.139. The molecule has 0 aliphatic carbocycles. The molecule has 6 N–H and O–H groups in total. The summed E-state index contributed by atoms with van der Waals surface area (Å²) in [4.78, 5) is 69.5. The molecule has 0 heterocycles. The number of amides is 4. The van der Waals surface area contributed by atoms with Crippen molar-refractivity contribution in [3.63, 3.8) is 0 Å². The molecule has 0 saturated carbocycles. The molecule has 1 atom stereocenters. The summed E-state index contributed by atoms with van der Waals surface area (Å²) in [7, 11) is 0. The Bertz CT molecular complexity index is 941. The van der Waals surface area contributed by atoms with E-state index in [1.54, 1.807) is 0 Å². The average Bonchev–Trinajstić information content (AvgIpc) is 2.99. The molecule has 0 fully saturated rings. The van der Waals surface area contributed by atoms with E-state index in [1.807, 2.05) is 20.8 Å². The molecular weight excluding hydrogens is 628 g/mol. The Hall–Kier alpha value is -3.30. The molecule has 278 valence electrons. The van der Waals surface area contributed by atoms with Crippen LogP contribution in [-0.4, -0.2) is 111 Å². The van der Waals surface area contributed by atoms with E-state index < -0.39 is 24.0 Å². The largest absolute Gasteiger partial charge is 0.481 e. The fraction of sp³-hybridized carbons (Fsp3) is 0.818. The summed E-state index contributed by atoms with van der Waals surface area (Å²) in [6.45, 7) is 9.61. The van der Waals surface area contributed by atoms with Crippen molar-refractivity contribution in [1.29, 1.82) is 0 Å². The number of carboxylic acids is 2. The molecule has 4 amide bonds. The Balaban J connectivity index is 3.59. The van der Waals surface area contributed by atoms with Crippen molar-refractivity contribution in [1.82, 2.24) is 21.3 Å². The van der Waals surface area contributed by atoms with Gasteiger partial charge in [0.1, 0.15) is 11.8 Å². The third-order valence-electron chi connectivity index (χ3n) is 6.85. The number of carboxylic acid groups (broad SMARTS) is 2. The molecule has 0 bridgehead atoms. The third kappa shape index (κ3) is 31.3. The first kappa shape index (κ1) is 44.7. The van der Waals surface area contributed by atoms with Crippen LogP contribution in [0.2, 0.25) is 0 Å². The maximum atomic E-state index is 12.2. The van der Waals surface area contributed by atoms with Gasteiger partial charge in [0.15, 0.2) is 0 Å². The number of ketones is 1. The second kappa shape index (κ2) is 28.7. The van der Waals surface area contributed by atoms with Crippen LogP contribution in [0.25, 0.3) is 0 Å². The normalized spacial score (nSPS) is 11.8. The monoisotopic (exact) mass is 688 g/mol. The Kier molecular flexibility index (Phi) is 26.7. The SMILES string of the molecule is CC(C)(C)CC(=O)NCCOCCOCCOCCNC(=O)CCCCCCCCC(=O)CC[C@H](NC(=O)NCCCC(=O)O)C(=O)O. The van der Waals surface area contributed by atoms with Crippen LogP contribution >= 0.6 is 0 Å². The highest BCUT2D eigenvalue weighted by atomic mass is 16.5. The van der Waals surface area contributed by atoms with E-state index >= 15 is 0 Å². The van der Waals surface area contributed by atoms with Crippen LogP contribution in [0.15, 0.2) is 0 Å². The van der Waals surface area contributed by atoms with Gasteiger partial charge in [-0.05, 0) is 31.1 Å². The first-order valence-electron chi connectivity index (χ1n) is 17.1. The van der Waals surface area contributed by atoms with E-state index in [0.29, 0.717) is 78.4 Å². The summed E-state index contributed by atoms with van der Waals surface area (Å²) in [5, 5.41) is 28.3. The van der Waals surface area contributed by atoms with Crippen LogP contribution in [0.5, 0.6) is 0 Å². The molecule has 0 aliphatic rings. The van der Waals surface area contributed by atoms with Crippen LogP contribution in [0.4, 0.5) is 4.79 Å². The smallest absolute Gasteiger partial charge is 0.326 e. The Morgan fingerprint density at radius 3 is 1.65 bits per heavy atom. The summed E-state index contributed by atoms with van der Waals surface area (Å²) in [5.41, 5.74) is -0.0372. The number of urea groups is 1. The summed E-state index contributed by atoms with van der Waals surface area (Å²) in [5.74, 6) is -2.28. The van der Waals surface area contributed by atoms with Crippen LogP contribution in [0, 0.1) is 5.41 Å². The highest BCUT2D eigenvalue weighted by Crippen LogP contribution is 2.17. The van der Waals surface area contributed by atoms with Gasteiger partial charge in [0.25, 0.3) is 0 Å². The number of Topliss-reactive ketones (excluding diaryl/α,β-unsaturated/α-hetero) is 1. The number of rotatable bonds is 31. The van der Waals surface area contributed by atoms with Gasteiger partial charge in [0, 0.05) is 51.7 Å². The van der Waals surface area contributed by atoms with Gasteiger partial charge in [-0.25, -0.2) is 9.59 Å². The average molecular weight is 689 g/mol. The highest BCUT2D eigenvalue weighted by Gasteiger charge is 2.21. The first-order valence-corrected chi connectivity index (χ1v) is 17.1. The molecule has 0 radical (unpaired) electrons. The van der Waals surface area contributed by atoms with Crippen molar-refractivity contribution < 1.29 is 53.2 Å². The molecule has 0 aromatic carbocycles. The minimum Gasteiger partial charge on any atom is -0.481 e. The minimum absolute atomic E-state index is 0.0157. The van der Waals surface area contributed by atoms with Gasteiger partial charge in [0.05, 0.1) is 39.6 Å². The molecule has 0 aromatic heterocycles. The number of hydrogen-bond donors (Lipinski definition) is 6. The molecule has 0 saturated heterocycles. The van der Waals surface area contributed by atoms with E-state index in [0.717, 1.165) is 32.1 Å². The number of nitrogens with one attached hydrogen (secondary N) is 4. The predicted molar refractivity (Wildman–Crippen MR) is 179 cm³/mol. The van der Waals surface area contributed by atoms with Gasteiger partial charge < -0.3 is 45.7 Å². The zero-order chi connectivity index (χ0) is 36.0. The summed E-state index contributed by atoms with van der Waals surface area (Å²) in [6, 6.07) is -1.91. The lowest BCUT2D eigenvalue weighted by atomic mass is 9.92. The first-order chi connectivity index (χ1) is 22.8. The maximum Gasteiger partial charge on any atom is 0.326 e. The van der Waals surface area contributed by atoms with E-state index in [4.69, 9.17) is 19.3 Å². The highest BCUT2D eigenvalue weighted by molar-refractivity contribution is 5.84. The van der Waals surface area contributed by atoms with Crippen LogP contribution in [-0.2, 0) is 38.2 Å². The van der Waals surface area contributed by atoms with Gasteiger partial charge in [-0.3, -0.25) is 19.2 Å². The molecular formula is C33H60N4O11. The number of carbonyl (C=O) groups excluding carboxylic acids is 4. The fourth-order valence-electron chi connectivity index (χ4n) is 4.35. The molecule has 0 unspecified atom stereocenters. The number of unbranched alkanes of at least 4 members (excludes halogenated alkanes) is 5. The van der Waals surface area contributed by atoms with Crippen molar-refractivity contribution in [2.24, 2.45) is 5.41 Å². The number of carbonyl (C=O) groups is 6. The van der Waals surface area contributed by atoms with Crippen molar-refractivity contribution >= 4 is 35.6 Å². The van der Waals surface area contributed by atoms with Crippen molar-refractivity contribution in [2.75, 3.05) is 59.3 Å². The molecule has 0 aliphatic heterocycles. The van der Waals surface area contributed by atoms with E-state index in [9.17, 15) is 33.9 Å². The fourth-order valence-corrected chi connectivity index (χ4v) is 4.35. The van der Waals surface area contributed by atoms with Crippen LogP contribution in [0.1, 0.15) is 104 Å². The van der Waals surface area contributed by atoms with E-state index in [-0.39, 0.29) is 55.2 Å². The van der Waals surface area contributed by atoms with Crippen molar-refractivity contribution in [3.8, 4) is 0 Å². The van der Waals surface area contributed by atoms with Crippen LogP contribution in [0.3, 0.4) is 0 Å². The van der Waals surface area contributed by atoms with Crippen molar-refractivity contribution in [2.45, 2.75) is 110 Å². The molecule has 15 heteroatoms. The van der Waals surface area contributed by atoms with Gasteiger partial charge in [-0.2, -0.15) is 0 Å². The number of aliphatic carboxylic acids is 2. The Morgan fingerprint density at radius 1 is 0.583 bits per heavy atom. The predicted octanol–water partition coefficient (Wildman–Crippen LogP) is 2.79. The molecule has 0 rings (SSSR count). The summed E-state index contributed by atoms with van der Waals surface area (Å²) < 4.78 is 16.3. The topological polar surface area (TPSA) is 219 Å². The maximum absolute atomic E-state index is 12.2. The summed E-state index contributed by atoms with van der Waals surface area (Å²) in [6.07, 6.45) is 6.57. The molecule has 48 heavy (non-hydrogen) atoms. The Labute approximate surface area is 285 Å². The minimum atomic E-state index is -1.24. The third-order valence-corrected chi connectivity index (χ3v) is 6.85. The standard InChI is InChI=1S/C33H60N4O11/c1-33(2,3)25-29(40)35-18-20-47-22-24-48-23-21-46-19-17-34-28(39)12-9-7-5-4-6-8-11-26(38)14-15-27(31(43)44)37-32(45)36-16-10-13-30(41)42/h27H,4-25H2,1-3H3,(H,34,39)(H,35,40)(H,41,42)(H,43,44)(H2,36,37,45)/t27-/m0/s1. The lowest BCUT2D eigenvalue weighted by Gasteiger charge is -2.17. The molecule has 0 aromatic rings. The van der Waals surface area contributed by atoms with Gasteiger partial charge >= 0.3 is 18.0 Å². The van der Waals surface area contributed by atoms with E-state index in [1.165, 1.54) is 0 Å². The zero-order valence-corrected chi connectivity index (χ0v) is 29.2. The lowest BCUT2D eigenvalue weighted by Crippen LogP contribution is -2.46. The second-order valence-electron chi connectivity index (χ2n) is 12.8. The summed E-state index contributed by atoms with van der Waals surface area (Å²) >= 11 is 0. The van der Waals surface area contributed by atoms with Crippen molar-refractivity contribution in [3.05, 3.63) is 0 Å². The van der Waals surface area contributed by atoms with Gasteiger partial charge in [-0.1, -0.05) is 46.5 Å². The van der Waals surface area contributed by atoms with Crippen LogP contribution < -0.4 is 21.3 Å². The van der Waals surface area contributed by atoms with Gasteiger partial charge in [0.2, 0.25) is 11.8 Å². The number of ether oxygens (including phenoxy) is 3. The Morgan fingerprint density at radius 2 is 1.10 bits per heavy atom. The quantitative estimate of drug-likeness (QED) is 0.0582. The van der Waals surface area contributed by atoms with Gasteiger partial charge in [-0.15, -0.1) is 0 Å². The molecule has 0 spiro atoms. The second-order valence-corrected chi connectivity index (χ2v) is 12.8. The van der Waals surface area contributed by atoms with E-state index in [2.05, 4.69) is 21.3 Å². The zero-order valence-electron chi connectivity index (χ0n) is 29.2. The molecule has 15 nitrogen and oxygen atoms in total. The number of hydrogen-bond acceptors (Lipinski definition) is 9.